The van der Waals surface area contributed by atoms with E-state index in [4.69, 9.17) is 16.3 Å². The van der Waals surface area contributed by atoms with Gasteiger partial charge in [0.2, 0.25) is 0 Å². The zero-order valence-corrected chi connectivity index (χ0v) is 6.80. The second-order valence-corrected chi connectivity index (χ2v) is 3.55. The highest BCUT2D eigenvalue weighted by Gasteiger charge is 2.37. The first-order chi connectivity index (χ1) is 5.27. The third-order valence-corrected chi connectivity index (χ3v) is 2.72. The third-order valence-electron chi connectivity index (χ3n) is 2.17. The van der Waals surface area contributed by atoms with E-state index in [0.717, 1.165) is 0 Å². The molecule has 0 saturated carbocycles. The molecule has 0 aromatic heterocycles. The molecule has 62 valence electrons. The van der Waals surface area contributed by atoms with E-state index in [9.17, 15) is 4.79 Å². The molecule has 11 heavy (non-hydrogen) atoms. The number of alkyl halides is 1. The number of rotatable bonds is 0. The van der Waals surface area contributed by atoms with Crippen molar-refractivity contribution < 1.29 is 9.53 Å². The van der Waals surface area contributed by atoms with Crippen molar-refractivity contribution in [3.8, 4) is 0 Å². The molecule has 0 spiro atoms. The molecule has 2 saturated heterocycles. The van der Waals surface area contributed by atoms with Crippen molar-refractivity contribution in [3.63, 3.8) is 0 Å². The predicted molar refractivity (Wildman–Crippen MR) is 40.8 cm³/mol. The summed E-state index contributed by atoms with van der Waals surface area (Å²) in [5, 5.41) is 2.87. The normalized spacial score (nSPS) is 44.1. The fourth-order valence-corrected chi connectivity index (χ4v) is 1.84. The highest BCUT2D eigenvalue weighted by atomic mass is 35.5. The number of fused-ring (bicyclic) bond motifs is 2. The smallest absolute Gasteiger partial charge is 0.154 e. The highest BCUT2D eigenvalue weighted by molar-refractivity contribution is 6.32. The van der Waals surface area contributed by atoms with Gasteiger partial charge in [0.25, 0.3) is 0 Å². The molecule has 1 N–H and O–H groups in total. The molecule has 0 aromatic rings. The number of carbonyl (C=O) groups is 1. The molecule has 4 heteroatoms. The van der Waals surface area contributed by atoms with Crippen molar-refractivity contribution >= 4 is 17.4 Å². The molecule has 0 radical (unpaired) electrons. The van der Waals surface area contributed by atoms with Crippen LogP contribution in [0.25, 0.3) is 0 Å². The molecule has 2 aliphatic heterocycles. The lowest BCUT2D eigenvalue weighted by molar-refractivity contribution is -0.124. The van der Waals surface area contributed by atoms with Crippen LogP contribution in [0.1, 0.15) is 6.42 Å². The highest BCUT2D eigenvalue weighted by Crippen LogP contribution is 2.19. The van der Waals surface area contributed by atoms with Crippen molar-refractivity contribution in [2.75, 3.05) is 13.2 Å². The van der Waals surface area contributed by atoms with E-state index in [1.807, 2.05) is 0 Å². The van der Waals surface area contributed by atoms with Gasteiger partial charge >= 0.3 is 0 Å². The maximum absolute atomic E-state index is 11.2. The van der Waals surface area contributed by atoms with Crippen LogP contribution in [-0.2, 0) is 9.53 Å². The van der Waals surface area contributed by atoms with Crippen molar-refractivity contribution in [2.45, 2.75) is 23.9 Å². The average molecular weight is 176 g/mol. The van der Waals surface area contributed by atoms with Crippen LogP contribution in [0.3, 0.4) is 0 Å². The first-order valence-electron chi connectivity index (χ1n) is 3.78. The molecule has 0 aromatic carbocycles. The minimum atomic E-state index is -0.383. The summed E-state index contributed by atoms with van der Waals surface area (Å²) in [4.78, 5) is 11.2. The lowest BCUT2D eigenvalue weighted by atomic mass is 9.96. The first-order valence-corrected chi connectivity index (χ1v) is 4.21. The second-order valence-electron chi connectivity index (χ2n) is 3.08. The summed E-state index contributed by atoms with van der Waals surface area (Å²) >= 11 is 5.84. The molecule has 3 nitrogen and oxygen atoms in total. The number of ketones is 1. The van der Waals surface area contributed by atoms with Crippen molar-refractivity contribution in [3.05, 3.63) is 0 Å². The predicted octanol–water partition coefficient (Wildman–Crippen LogP) is -0.0764. The molecule has 2 aliphatic rings. The van der Waals surface area contributed by atoms with Gasteiger partial charge in [0, 0.05) is 12.5 Å². The Hall–Kier alpha value is -0.120. The van der Waals surface area contributed by atoms with Crippen LogP contribution in [0.5, 0.6) is 0 Å². The summed E-state index contributed by atoms with van der Waals surface area (Å²) in [6.07, 6.45) is 0.519. The number of morpholine rings is 1. The molecule has 0 aliphatic carbocycles. The number of hydrogen-bond acceptors (Lipinski definition) is 3. The maximum atomic E-state index is 11.2. The zero-order chi connectivity index (χ0) is 7.84. The van der Waals surface area contributed by atoms with Gasteiger partial charge in [-0.2, -0.15) is 0 Å². The summed E-state index contributed by atoms with van der Waals surface area (Å²) in [5.74, 6) is 0.156. The van der Waals surface area contributed by atoms with Crippen molar-refractivity contribution in [1.82, 2.24) is 5.32 Å². The Morgan fingerprint density at radius 1 is 1.55 bits per heavy atom. The van der Waals surface area contributed by atoms with E-state index in [0.29, 0.717) is 19.6 Å². The van der Waals surface area contributed by atoms with E-state index in [-0.39, 0.29) is 23.2 Å². The summed E-state index contributed by atoms with van der Waals surface area (Å²) in [6.45, 7) is 1.21. The monoisotopic (exact) mass is 175 g/mol. The Labute approximate surface area is 70.0 Å². The molecular formula is C7H10ClNO2. The topological polar surface area (TPSA) is 38.3 Å². The molecule has 0 amide bonds. The van der Waals surface area contributed by atoms with Gasteiger partial charge in [-0.15, -0.1) is 11.6 Å². The molecule has 2 heterocycles. The number of hydrogen-bond donors (Lipinski definition) is 1. The molecular weight excluding hydrogens is 166 g/mol. The van der Waals surface area contributed by atoms with Crippen LogP contribution < -0.4 is 5.32 Å². The van der Waals surface area contributed by atoms with Crippen LogP contribution in [0.2, 0.25) is 0 Å². The number of nitrogens with one attached hydrogen (secondary N) is 1. The minimum Gasteiger partial charge on any atom is -0.378 e. The molecule has 2 fully saturated rings. The van der Waals surface area contributed by atoms with Gasteiger partial charge < -0.3 is 10.1 Å². The van der Waals surface area contributed by atoms with E-state index in [2.05, 4.69) is 5.32 Å². The van der Waals surface area contributed by atoms with Crippen LogP contribution >= 0.6 is 11.6 Å². The minimum absolute atomic E-state index is 0.0386. The summed E-state index contributed by atoms with van der Waals surface area (Å²) < 4.78 is 5.26. The van der Waals surface area contributed by atoms with Gasteiger partial charge in [0.05, 0.1) is 19.3 Å². The van der Waals surface area contributed by atoms with Gasteiger partial charge in [-0.05, 0) is 0 Å². The number of ether oxygens (including phenoxy) is 1. The number of piperidine rings is 1. The fourth-order valence-electron chi connectivity index (χ4n) is 1.60. The fraction of sp³-hybridized carbons (Fsp3) is 0.857. The molecule has 2 rings (SSSR count). The summed E-state index contributed by atoms with van der Waals surface area (Å²) in [5.41, 5.74) is 0. The first kappa shape index (κ1) is 7.53. The lowest BCUT2D eigenvalue weighted by Gasteiger charge is -2.37. The van der Waals surface area contributed by atoms with Crippen molar-refractivity contribution in [2.24, 2.45) is 0 Å². The molecule has 2 bridgehead atoms. The second kappa shape index (κ2) is 2.73. The standard InChI is InChI=1S/C7H10ClNO2/c8-7-5-3-11-2-4(9-5)1-6(7)10/h4-5,7,9H,1-3H2. The zero-order valence-electron chi connectivity index (χ0n) is 6.05. The van der Waals surface area contributed by atoms with Crippen LogP contribution in [-0.4, -0.2) is 36.5 Å². The SMILES string of the molecule is O=C1CC2COCC(N2)C1Cl. The summed E-state index contributed by atoms with van der Waals surface area (Å²) in [6, 6.07) is 0.243. The Morgan fingerprint density at radius 2 is 2.36 bits per heavy atom. The van der Waals surface area contributed by atoms with E-state index in [1.165, 1.54) is 0 Å². The number of Topliss-reactive ketones (excluding diaryl/α,β-unsaturated/α-hetero) is 1. The van der Waals surface area contributed by atoms with Gasteiger partial charge in [-0.25, -0.2) is 0 Å². The largest absolute Gasteiger partial charge is 0.378 e. The van der Waals surface area contributed by atoms with E-state index >= 15 is 0 Å². The Morgan fingerprint density at radius 3 is 3.18 bits per heavy atom. The van der Waals surface area contributed by atoms with Gasteiger partial charge in [-0.1, -0.05) is 0 Å². The van der Waals surface area contributed by atoms with E-state index in [1.54, 1.807) is 0 Å². The third kappa shape index (κ3) is 1.28. The maximum Gasteiger partial charge on any atom is 0.154 e. The Kier molecular flexibility index (Phi) is 1.87. The van der Waals surface area contributed by atoms with Crippen LogP contribution in [0.15, 0.2) is 0 Å². The van der Waals surface area contributed by atoms with Gasteiger partial charge in [0.1, 0.15) is 5.38 Å². The molecule has 3 unspecified atom stereocenters. The van der Waals surface area contributed by atoms with Crippen LogP contribution in [0.4, 0.5) is 0 Å². The lowest BCUT2D eigenvalue weighted by Crippen LogP contribution is -2.60. The molecule has 3 atom stereocenters. The van der Waals surface area contributed by atoms with Crippen LogP contribution in [0, 0.1) is 0 Å². The number of carbonyl (C=O) groups excluding carboxylic acids is 1. The Bertz CT molecular complexity index is 185. The van der Waals surface area contributed by atoms with E-state index < -0.39 is 0 Å². The van der Waals surface area contributed by atoms with Gasteiger partial charge in [-0.3, -0.25) is 4.79 Å². The van der Waals surface area contributed by atoms with Gasteiger partial charge in [0.15, 0.2) is 5.78 Å². The van der Waals surface area contributed by atoms with Crippen molar-refractivity contribution in [1.29, 1.82) is 0 Å². The summed E-state index contributed by atoms with van der Waals surface area (Å²) in [7, 11) is 0. The average Bonchev–Trinajstić information content (AvgIpc) is 2.01. The quantitative estimate of drug-likeness (QED) is 0.524. The number of halogens is 1. The Balaban J connectivity index is 2.11.